The maximum Gasteiger partial charge on any atom is 0.112 e. The van der Waals surface area contributed by atoms with Crippen LogP contribution in [-0.2, 0) is 16.8 Å². The number of aromatic amines is 1. The van der Waals surface area contributed by atoms with Crippen molar-refractivity contribution in [3.63, 3.8) is 0 Å². The van der Waals surface area contributed by atoms with Crippen molar-refractivity contribution in [2.45, 2.75) is 95.2 Å². The molecule has 5 saturated carbocycles. The normalized spacial score (nSPS) is 40.1. The quantitative estimate of drug-likeness (QED) is 0.833. The summed E-state index contributed by atoms with van der Waals surface area (Å²) in [7, 11) is 0. The van der Waals surface area contributed by atoms with Crippen LogP contribution in [0.3, 0.4) is 0 Å². The van der Waals surface area contributed by atoms with Crippen molar-refractivity contribution in [2.75, 3.05) is 0 Å². The minimum absolute atomic E-state index is 0.203. The predicted molar refractivity (Wildman–Crippen MR) is 94.7 cm³/mol. The maximum absolute atomic E-state index is 6.59. The molecule has 5 fully saturated rings. The summed E-state index contributed by atoms with van der Waals surface area (Å²) >= 11 is 0. The SMILES string of the molecule is CC1(c2ncc(COC34CC5CC(CC(C5)C3)C4)[nH]2)CCCCC1. The van der Waals surface area contributed by atoms with Crippen molar-refractivity contribution in [2.24, 2.45) is 17.8 Å². The molecule has 0 atom stereocenters. The summed E-state index contributed by atoms with van der Waals surface area (Å²) in [4.78, 5) is 8.36. The Labute approximate surface area is 146 Å². The summed E-state index contributed by atoms with van der Waals surface area (Å²) in [6, 6.07) is 0. The molecule has 5 aliphatic rings. The van der Waals surface area contributed by atoms with Crippen LogP contribution in [0.15, 0.2) is 6.20 Å². The lowest BCUT2D eigenvalue weighted by Crippen LogP contribution is -2.51. The summed E-state index contributed by atoms with van der Waals surface area (Å²) < 4.78 is 6.59. The maximum atomic E-state index is 6.59. The first-order valence-corrected chi connectivity index (χ1v) is 10.3. The number of hydrogen-bond acceptors (Lipinski definition) is 2. The van der Waals surface area contributed by atoms with E-state index in [1.165, 1.54) is 82.1 Å². The molecule has 132 valence electrons. The molecule has 0 amide bonds. The molecule has 1 heterocycles. The highest BCUT2D eigenvalue weighted by Gasteiger charge is 2.51. The van der Waals surface area contributed by atoms with Crippen LogP contribution in [0.4, 0.5) is 0 Å². The van der Waals surface area contributed by atoms with Gasteiger partial charge in [-0.2, -0.15) is 0 Å². The number of nitrogens with one attached hydrogen (secondary N) is 1. The van der Waals surface area contributed by atoms with Crippen molar-refractivity contribution in [1.29, 1.82) is 0 Å². The van der Waals surface area contributed by atoms with Gasteiger partial charge in [0.2, 0.25) is 0 Å². The molecule has 0 spiro atoms. The van der Waals surface area contributed by atoms with Gasteiger partial charge in [-0.05, 0) is 69.1 Å². The average molecular weight is 329 g/mol. The lowest BCUT2D eigenvalue weighted by atomic mass is 9.54. The van der Waals surface area contributed by atoms with Gasteiger partial charge >= 0.3 is 0 Å². The molecule has 0 radical (unpaired) electrons. The van der Waals surface area contributed by atoms with Crippen LogP contribution in [0.2, 0.25) is 0 Å². The number of hydrogen-bond donors (Lipinski definition) is 1. The zero-order valence-electron chi connectivity index (χ0n) is 15.2. The van der Waals surface area contributed by atoms with Crippen LogP contribution in [0.5, 0.6) is 0 Å². The van der Waals surface area contributed by atoms with Gasteiger partial charge < -0.3 is 9.72 Å². The Morgan fingerprint density at radius 1 is 1.04 bits per heavy atom. The fraction of sp³-hybridized carbons (Fsp3) is 0.857. The van der Waals surface area contributed by atoms with Crippen LogP contribution >= 0.6 is 0 Å². The van der Waals surface area contributed by atoms with E-state index in [0.29, 0.717) is 0 Å². The van der Waals surface area contributed by atoms with Crippen LogP contribution in [0.25, 0.3) is 0 Å². The number of rotatable bonds is 4. The van der Waals surface area contributed by atoms with Gasteiger partial charge in [0, 0.05) is 5.41 Å². The van der Waals surface area contributed by atoms with E-state index in [0.717, 1.165) is 24.4 Å². The first-order chi connectivity index (χ1) is 11.6. The van der Waals surface area contributed by atoms with Crippen LogP contribution in [0, 0.1) is 17.8 Å². The minimum atomic E-state index is 0.203. The van der Waals surface area contributed by atoms with Crippen molar-refractivity contribution in [1.82, 2.24) is 9.97 Å². The van der Waals surface area contributed by atoms with E-state index >= 15 is 0 Å². The van der Waals surface area contributed by atoms with Gasteiger partial charge in [0.25, 0.3) is 0 Å². The first-order valence-electron chi connectivity index (χ1n) is 10.3. The predicted octanol–water partition coefficient (Wildman–Crippen LogP) is 5.12. The number of imidazole rings is 1. The minimum Gasteiger partial charge on any atom is -0.369 e. The summed E-state index contributed by atoms with van der Waals surface area (Å²) in [6.07, 6.45) is 17.1. The molecular formula is C21H32N2O. The van der Waals surface area contributed by atoms with Gasteiger partial charge in [0.05, 0.1) is 24.1 Å². The third kappa shape index (κ3) is 2.64. The molecule has 6 rings (SSSR count). The van der Waals surface area contributed by atoms with Crippen LogP contribution < -0.4 is 0 Å². The fourth-order valence-electron chi connectivity index (χ4n) is 6.75. The summed E-state index contributed by atoms with van der Waals surface area (Å²) in [5.41, 5.74) is 1.65. The second-order valence-corrected chi connectivity index (χ2v) is 9.77. The van der Waals surface area contributed by atoms with Crippen LogP contribution in [-0.4, -0.2) is 15.6 Å². The fourth-order valence-corrected chi connectivity index (χ4v) is 6.75. The zero-order chi connectivity index (χ0) is 16.2. The van der Waals surface area contributed by atoms with Crippen molar-refractivity contribution >= 4 is 0 Å². The zero-order valence-corrected chi connectivity index (χ0v) is 15.2. The van der Waals surface area contributed by atoms with E-state index in [1.807, 2.05) is 6.20 Å². The molecule has 0 unspecified atom stereocenters. The summed E-state index contributed by atoms with van der Waals surface area (Å²) in [5, 5.41) is 0. The second-order valence-electron chi connectivity index (χ2n) is 9.77. The Morgan fingerprint density at radius 3 is 2.29 bits per heavy atom. The Hall–Kier alpha value is -0.830. The molecular weight excluding hydrogens is 296 g/mol. The molecule has 24 heavy (non-hydrogen) atoms. The van der Waals surface area contributed by atoms with E-state index in [1.54, 1.807) is 0 Å². The molecule has 0 saturated heterocycles. The molecule has 1 aromatic rings. The second kappa shape index (κ2) is 5.59. The van der Waals surface area contributed by atoms with Gasteiger partial charge in [0.15, 0.2) is 0 Å². The standard InChI is InChI=1S/C21H32N2O/c1-20(5-3-2-4-6-20)19-22-13-18(23-19)14-24-21-10-15-7-16(11-21)9-17(8-15)12-21/h13,15-17H,2-12,14H2,1H3,(H,22,23). The third-order valence-electron chi connectivity index (χ3n) is 7.67. The van der Waals surface area contributed by atoms with Crippen molar-refractivity contribution in [3.8, 4) is 0 Å². The van der Waals surface area contributed by atoms with Gasteiger partial charge in [-0.1, -0.05) is 26.2 Å². The Balaban J connectivity index is 1.26. The molecule has 3 heteroatoms. The Morgan fingerprint density at radius 2 is 1.67 bits per heavy atom. The Kier molecular flexibility index (Phi) is 3.59. The summed E-state index contributed by atoms with van der Waals surface area (Å²) in [5.74, 6) is 4.06. The smallest absolute Gasteiger partial charge is 0.112 e. The van der Waals surface area contributed by atoms with Gasteiger partial charge in [0.1, 0.15) is 5.82 Å². The third-order valence-corrected chi connectivity index (χ3v) is 7.67. The monoisotopic (exact) mass is 328 g/mol. The van der Waals surface area contributed by atoms with Crippen LogP contribution in [0.1, 0.15) is 89.1 Å². The van der Waals surface area contributed by atoms with E-state index in [2.05, 4.69) is 11.9 Å². The van der Waals surface area contributed by atoms with Gasteiger partial charge in [-0.25, -0.2) is 4.98 Å². The molecule has 5 aliphatic carbocycles. The topological polar surface area (TPSA) is 37.9 Å². The number of aromatic nitrogens is 2. The summed E-state index contributed by atoms with van der Waals surface area (Å²) in [6.45, 7) is 3.12. The van der Waals surface area contributed by atoms with Gasteiger partial charge in [-0.15, -0.1) is 0 Å². The van der Waals surface area contributed by atoms with E-state index in [4.69, 9.17) is 9.72 Å². The van der Waals surface area contributed by atoms with E-state index in [-0.39, 0.29) is 11.0 Å². The molecule has 4 bridgehead atoms. The highest BCUT2D eigenvalue weighted by Crippen LogP contribution is 2.57. The molecule has 3 nitrogen and oxygen atoms in total. The highest BCUT2D eigenvalue weighted by atomic mass is 16.5. The average Bonchev–Trinajstić information content (AvgIpc) is 3.02. The number of H-pyrrole nitrogens is 1. The van der Waals surface area contributed by atoms with Crippen molar-refractivity contribution < 1.29 is 4.74 Å². The molecule has 1 aromatic heterocycles. The largest absolute Gasteiger partial charge is 0.369 e. The Bertz CT molecular complexity index is 563. The number of ether oxygens (including phenoxy) is 1. The number of nitrogens with zero attached hydrogens (tertiary/aromatic N) is 1. The van der Waals surface area contributed by atoms with Gasteiger partial charge in [-0.3, -0.25) is 0 Å². The molecule has 0 aromatic carbocycles. The van der Waals surface area contributed by atoms with Crippen molar-refractivity contribution in [3.05, 3.63) is 17.7 Å². The molecule has 0 aliphatic heterocycles. The lowest BCUT2D eigenvalue weighted by Gasteiger charge is -2.56. The van der Waals surface area contributed by atoms with E-state index < -0.39 is 0 Å². The lowest BCUT2D eigenvalue weighted by molar-refractivity contribution is -0.169. The molecule has 1 N–H and O–H groups in total. The highest BCUT2D eigenvalue weighted by molar-refractivity contribution is 5.12. The first kappa shape index (κ1) is 15.4. The van der Waals surface area contributed by atoms with E-state index in [9.17, 15) is 0 Å².